The number of ether oxygens (including phenoxy) is 1. The van der Waals surface area contributed by atoms with Gasteiger partial charge in [-0.05, 0) is 43.0 Å². The molecule has 5 nitrogen and oxygen atoms in total. The molecular weight excluding hydrogens is 338 g/mol. The molecule has 0 saturated carbocycles. The van der Waals surface area contributed by atoms with Crippen LogP contribution in [0.25, 0.3) is 0 Å². The summed E-state index contributed by atoms with van der Waals surface area (Å²) in [5, 5.41) is 5.96. The van der Waals surface area contributed by atoms with Crippen molar-refractivity contribution in [2.45, 2.75) is 32.4 Å². The molecule has 0 spiro atoms. The highest BCUT2D eigenvalue weighted by atomic mass is 16.5. The molecule has 144 valence electrons. The molecule has 1 fully saturated rings. The van der Waals surface area contributed by atoms with Gasteiger partial charge in [0.05, 0.1) is 6.54 Å². The molecule has 1 saturated heterocycles. The number of hydrogen-bond donors (Lipinski definition) is 2. The zero-order valence-corrected chi connectivity index (χ0v) is 16.0. The molecule has 0 aromatic heterocycles. The topological polar surface area (TPSA) is 53.6 Å². The monoisotopic (exact) mass is 367 g/mol. The van der Waals surface area contributed by atoms with Crippen molar-refractivity contribution in [2.24, 2.45) is 0 Å². The summed E-state index contributed by atoms with van der Waals surface area (Å²) in [7, 11) is 0. The van der Waals surface area contributed by atoms with E-state index in [1.807, 2.05) is 37.3 Å². The number of likely N-dealkylation sites (tertiary alicyclic amines) is 1. The average Bonchev–Trinajstić information content (AvgIpc) is 2.68. The molecule has 2 amide bonds. The lowest BCUT2D eigenvalue weighted by Crippen LogP contribution is -2.48. The number of rotatable bonds is 7. The molecule has 1 heterocycles. The standard InChI is InChI=1S/C22H29N3O2/c1-18-6-5-9-21(16-18)27-15-12-23-22(26)24-20-10-13-25(14-11-20)17-19-7-3-2-4-8-19/h2-9,16,20H,10-15,17H2,1H3,(H2,23,24,26). The lowest BCUT2D eigenvalue weighted by molar-refractivity contribution is 0.186. The lowest BCUT2D eigenvalue weighted by atomic mass is 10.0. The summed E-state index contributed by atoms with van der Waals surface area (Å²) in [5.41, 5.74) is 2.51. The predicted molar refractivity (Wildman–Crippen MR) is 108 cm³/mol. The van der Waals surface area contributed by atoms with Gasteiger partial charge in [-0.25, -0.2) is 4.79 Å². The Balaban J connectivity index is 1.29. The minimum Gasteiger partial charge on any atom is -0.492 e. The lowest BCUT2D eigenvalue weighted by Gasteiger charge is -2.32. The SMILES string of the molecule is Cc1cccc(OCCNC(=O)NC2CCN(Cc3ccccc3)CC2)c1. The maximum absolute atomic E-state index is 12.1. The summed E-state index contributed by atoms with van der Waals surface area (Å²) >= 11 is 0. The van der Waals surface area contributed by atoms with Crippen molar-refractivity contribution in [3.05, 3.63) is 65.7 Å². The van der Waals surface area contributed by atoms with Crippen molar-refractivity contribution in [3.63, 3.8) is 0 Å². The van der Waals surface area contributed by atoms with Gasteiger partial charge in [0.25, 0.3) is 0 Å². The minimum atomic E-state index is -0.107. The Morgan fingerprint density at radius 1 is 1.11 bits per heavy atom. The van der Waals surface area contributed by atoms with E-state index in [9.17, 15) is 4.79 Å². The van der Waals surface area contributed by atoms with Crippen molar-refractivity contribution >= 4 is 6.03 Å². The van der Waals surface area contributed by atoms with E-state index in [4.69, 9.17) is 4.74 Å². The van der Waals surface area contributed by atoms with Crippen molar-refractivity contribution in [1.29, 1.82) is 0 Å². The van der Waals surface area contributed by atoms with Gasteiger partial charge in [-0.1, -0.05) is 42.5 Å². The number of nitrogens with one attached hydrogen (secondary N) is 2. The van der Waals surface area contributed by atoms with Crippen LogP contribution in [0.15, 0.2) is 54.6 Å². The maximum Gasteiger partial charge on any atom is 0.315 e. The second kappa shape index (κ2) is 9.97. The number of carbonyl (C=O) groups is 1. The quantitative estimate of drug-likeness (QED) is 0.738. The fourth-order valence-electron chi connectivity index (χ4n) is 3.35. The molecule has 1 aliphatic heterocycles. The van der Waals surface area contributed by atoms with Gasteiger partial charge in [0.15, 0.2) is 0 Å². The molecule has 27 heavy (non-hydrogen) atoms. The van der Waals surface area contributed by atoms with Gasteiger partial charge in [-0.15, -0.1) is 0 Å². The van der Waals surface area contributed by atoms with Crippen molar-refractivity contribution in [1.82, 2.24) is 15.5 Å². The van der Waals surface area contributed by atoms with Gasteiger partial charge in [0.1, 0.15) is 12.4 Å². The molecule has 2 N–H and O–H groups in total. The van der Waals surface area contributed by atoms with Gasteiger partial charge in [0.2, 0.25) is 0 Å². The summed E-state index contributed by atoms with van der Waals surface area (Å²) < 4.78 is 5.65. The number of benzene rings is 2. The van der Waals surface area contributed by atoms with E-state index < -0.39 is 0 Å². The number of nitrogens with zero attached hydrogens (tertiary/aromatic N) is 1. The largest absolute Gasteiger partial charge is 0.492 e. The fourth-order valence-corrected chi connectivity index (χ4v) is 3.35. The van der Waals surface area contributed by atoms with Crippen LogP contribution < -0.4 is 15.4 Å². The number of hydrogen-bond acceptors (Lipinski definition) is 3. The number of amides is 2. The first-order valence-electron chi connectivity index (χ1n) is 9.69. The first kappa shape index (κ1) is 19.2. The van der Waals surface area contributed by atoms with Gasteiger partial charge in [-0.2, -0.15) is 0 Å². The molecular formula is C22H29N3O2. The third kappa shape index (κ3) is 6.61. The van der Waals surface area contributed by atoms with Gasteiger partial charge >= 0.3 is 6.03 Å². The summed E-state index contributed by atoms with van der Waals surface area (Å²) in [6, 6.07) is 18.6. The van der Waals surface area contributed by atoms with E-state index in [2.05, 4.69) is 39.8 Å². The summed E-state index contributed by atoms with van der Waals surface area (Å²) in [5.74, 6) is 0.836. The normalized spacial score (nSPS) is 15.3. The molecule has 0 atom stereocenters. The van der Waals surface area contributed by atoms with Crippen LogP contribution in [-0.2, 0) is 6.54 Å². The van der Waals surface area contributed by atoms with Crippen LogP contribution in [0, 0.1) is 6.92 Å². The van der Waals surface area contributed by atoms with E-state index in [0.717, 1.165) is 43.8 Å². The Morgan fingerprint density at radius 3 is 2.63 bits per heavy atom. The first-order valence-corrected chi connectivity index (χ1v) is 9.69. The van der Waals surface area contributed by atoms with E-state index in [-0.39, 0.29) is 12.1 Å². The molecule has 0 radical (unpaired) electrons. The molecule has 3 rings (SSSR count). The van der Waals surface area contributed by atoms with Crippen LogP contribution in [-0.4, -0.2) is 43.2 Å². The third-order valence-electron chi connectivity index (χ3n) is 4.82. The predicted octanol–water partition coefficient (Wildman–Crippen LogP) is 3.34. The molecule has 2 aromatic rings. The highest BCUT2D eigenvalue weighted by Crippen LogP contribution is 2.14. The van der Waals surface area contributed by atoms with E-state index in [1.165, 1.54) is 5.56 Å². The number of carbonyl (C=O) groups excluding carboxylic acids is 1. The highest BCUT2D eigenvalue weighted by Gasteiger charge is 2.20. The number of urea groups is 1. The first-order chi connectivity index (χ1) is 13.2. The second-order valence-electron chi connectivity index (χ2n) is 7.10. The Hall–Kier alpha value is -2.53. The summed E-state index contributed by atoms with van der Waals surface area (Å²) in [6.07, 6.45) is 1.97. The van der Waals surface area contributed by atoms with E-state index in [0.29, 0.717) is 13.2 Å². The summed E-state index contributed by atoms with van der Waals surface area (Å²) in [6.45, 7) is 5.99. The van der Waals surface area contributed by atoms with E-state index in [1.54, 1.807) is 0 Å². The second-order valence-corrected chi connectivity index (χ2v) is 7.10. The zero-order chi connectivity index (χ0) is 18.9. The fraction of sp³-hybridized carbons (Fsp3) is 0.409. The van der Waals surface area contributed by atoms with Crippen LogP contribution >= 0.6 is 0 Å². The smallest absolute Gasteiger partial charge is 0.315 e. The molecule has 0 unspecified atom stereocenters. The van der Waals surface area contributed by atoms with Crippen LogP contribution in [0.5, 0.6) is 5.75 Å². The van der Waals surface area contributed by atoms with Crippen molar-refractivity contribution in [2.75, 3.05) is 26.2 Å². The minimum absolute atomic E-state index is 0.107. The van der Waals surface area contributed by atoms with Gasteiger partial charge in [-0.3, -0.25) is 4.90 Å². The zero-order valence-electron chi connectivity index (χ0n) is 16.0. The molecule has 0 aliphatic carbocycles. The summed E-state index contributed by atoms with van der Waals surface area (Å²) in [4.78, 5) is 14.5. The van der Waals surface area contributed by atoms with Gasteiger partial charge in [0, 0.05) is 25.7 Å². The Labute approximate surface area is 161 Å². The molecule has 5 heteroatoms. The average molecular weight is 367 g/mol. The third-order valence-corrected chi connectivity index (χ3v) is 4.82. The van der Waals surface area contributed by atoms with Crippen LogP contribution in [0.2, 0.25) is 0 Å². The number of aryl methyl sites for hydroxylation is 1. The van der Waals surface area contributed by atoms with Crippen LogP contribution in [0.4, 0.5) is 4.79 Å². The Morgan fingerprint density at radius 2 is 1.89 bits per heavy atom. The Bertz CT molecular complexity index is 713. The van der Waals surface area contributed by atoms with E-state index >= 15 is 0 Å². The molecule has 2 aromatic carbocycles. The highest BCUT2D eigenvalue weighted by molar-refractivity contribution is 5.74. The van der Waals surface area contributed by atoms with Crippen LogP contribution in [0.3, 0.4) is 0 Å². The maximum atomic E-state index is 12.1. The number of piperidine rings is 1. The van der Waals surface area contributed by atoms with Crippen molar-refractivity contribution < 1.29 is 9.53 Å². The van der Waals surface area contributed by atoms with Crippen molar-refractivity contribution in [3.8, 4) is 5.75 Å². The molecule has 0 bridgehead atoms. The van der Waals surface area contributed by atoms with Crippen LogP contribution in [0.1, 0.15) is 24.0 Å². The van der Waals surface area contributed by atoms with Gasteiger partial charge < -0.3 is 15.4 Å². The Kier molecular flexibility index (Phi) is 7.11. The molecule has 1 aliphatic rings.